The molecule has 0 saturated carbocycles. The fourth-order valence-corrected chi connectivity index (χ4v) is 2.91. The third-order valence-electron chi connectivity index (χ3n) is 4.20. The number of carbonyl (C=O) groups is 2. The number of morpholine rings is 1. The summed E-state index contributed by atoms with van der Waals surface area (Å²) in [4.78, 5) is 28.2. The molecule has 1 aromatic carbocycles. The summed E-state index contributed by atoms with van der Waals surface area (Å²) >= 11 is 0. The van der Waals surface area contributed by atoms with Gasteiger partial charge in [-0.2, -0.15) is 0 Å². The predicted molar refractivity (Wildman–Crippen MR) is 90.7 cm³/mol. The van der Waals surface area contributed by atoms with Gasteiger partial charge in [0, 0.05) is 20.0 Å². The Balaban J connectivity index is 2.29. The zero-order valence-corrected chi connectivity index (χ0v) is 14.5. The van der Waals surface area contributed by atoms with Crippen molar-refractivity contribution in [2.24, 2.45) is 0 Å². The minimum Gasteiger partial charge on any atom is -0.378 e. The van der Waals surface area contributed by atoms with Gasteiger partial charge in [-0.1, -0.05) is 32.0 Å². The summed E-state index contributed by atoms with van der Waals surface area (Å²) < 4.78 is 5.28. The summed E-state index contributed by atoms with van der Waals surface area (Å²) in [5.74, 6) is 0.148. The first kappa shape index (κ1) is 17.5. The van der Waals surface area contributed by atoms with Crippen molar-refractivity contribution in [1.82, 2.24) is 4.90 Å². The molecule has 126 valence electrons. The highest BCUT2D eigenvalue weighted by molar-refractivity contribution is 5.98. The summed E-state index contributed by atoms with van der Waals surface area (Å²) in [6.45, 7) is 10.1. The highest BCUT2D eigenvalue weighted by Gasteiger charge is 2.25. The van der Waals surface area contributed by atoms with Crippen molar-refractivity contribution in [3.8, 4) is 0 Å². The summed E-state index contributed by atoms with van der Waals surface area (Å²) in [6, 6.07) is 6.01. The maximum atomic E-state index is 12.6. The number of para-hydroxylation sites is 1. The zero-order chi connectivity index (χ0) is 17.0. The lowest BCUT2D eigenvalue weighted by Crippen LogP contribution is -2.47. The van der Waals surface area contributed by atoms with E-state index in [2.05, 4.69) is 13.8 Å². The van der Waals surface area contributed by atoms with Crippen LogP contribution in [0.2, 0.25) is 0 Å². The Morgan fingerprint density at radius 3 is 2.48 bits per heavy atom. The molecule has 0 aliphatic carbocycles. The molecule has 0 unspecified atom stereocenters. The van der Waals surface area contributed by atoms with Crippen molar-refractivity contribution >= 4 is 17.5 Å². The Labute approximate surface area is 138 Å². The number of benzene rings is 1. The van der Waals surface area contributed by atoms with Crippen LogP contribution in [0.3, 0.4) is 0 Å². The lowest BCUT2D eigenvalue weighted by Gasteiger charge is -2.31. The Hall–Kier alpha value is -1.88. The first-order valence-electron chi connectivity index (χ1n) is 8.15. The number of hydrogen-bond donors (Lipinski definition) is 0. The Bertz CT molecular complexity index is 578. The van der Waals surface area contributed by atoms with Crippen LogP contribution in [0.5, 0.6) is 0 Å². The van der Waals surface area contributed by atoms with Crippen LogP contribution in [-0.4, -0.2) is 49.6 Å². The van der Waals surface area contributed by atoms with Gasteiger partial charge < -0.3 is 14.5 Å². The summed E-state index contributed by atoms with van der Waals surface area (Å²) in [5.41, 5.74) is 2.98. The fraction of sp³-hybridized carbons (Fsp3) is 0.556. The molecule has 0 aromatic heterocycles. The maximum absolute atomic E-state index is 12.6. The highest BCUT2D eigenvalue weighted by Crippen LogP contribution is 2.31. The third kappa shape index (κ3) is 4.10. The van der Waals surface area contributed by atoms with E-state index in [0.717, 1.165) is 16.8 Å². The van der Waals surface area contributed by atoms with Crippen molar-refractivity contribution in [1.29, 1.82) is 0 Å². The molecule has 0 bridgehead atoms. The first-order valence-corrected chi connectivity index (χ1v) is 8.15. The second-order valence-corrected chi connectivity index (χ2v) is 6.27. The molecule has 1 heterocycles. The van der Waals surface area contributed by atoms with Gasteiger partial charge in [0.05, 0.1) is 18.9 Å². The van der Waals surface area contributed by atoms with Crippen LogP contribution in [0.15, 0.2) is 18.2 Å². The van der Waals surface area contributed by atoms with E-state index in [1.54, 1.807) is 9.80 Å². The summed E-state index contributed by atoms with van der Waals surface area (Å²) in [5, 5.41) is 0. The van der Waals surface area contributed by atoms with E-state index in [1.807, 2.05) is 25.1 Å². The van der Waals surface area contributed by atoms with Crippen LogP contribution in [-0.2, 0) is 14.3 Å². The molecular formula is C18H26N2O3. The molecular weight excluding hydrogens is 292 g/mol. The normalized spacial score (nSPS) is 14.9. The smallest absolute Gasteiger partial charge is 0.242 e. The minimum atomic E-state index is -0.109. The minimum absolute atomic E-state index is 0.0264. The quantitative estimate of drug-likeness (QED) is 0.856. The van der Waals surface area contributed by atoms with E-state index >= 15 is 0 Å². The van der Waals surface area contributed by atoms with Gasteiger partial charge in [0.25, 0.3) is 0 Å². The molecule has 1 saturated heterocycles. The van der Waals surface area contributed by atoms with Crippen molar-refractivity contribution in [3.63, 3.8) is 0 Å². The first-order chi connectivity index (χ1) is 10.9. The second kappa shape index (κ2) is 7.59. The molecule has 1 fully saturated rings. The summed E-state index contributed by atoms with van der Waals surface area (Å²) in [6.07, 6.45) is 0. The molecule has 0 atom stereocenters. The lowest BCUT2D eigenvalue weighted by atomic mass is 9.97. The standard InChI is InChI=1S/C18H26N2O3/c1-13(2)16-7-5-6-14(3)18(16)20(15(4)21)12-17(22)19-8-10-23-11-9-19/h5-7,13H,8-12H2,1-4H3. The number of hydrogen-bond acceptors (Lipinski definition) is 3. The second-order valence-electron chi connectivity index (χ2n) is 6.27. The Kier molecular flexibility index (Phi) is 5.77. The molecule has 0 spiro atoms. The topological polar surface area (TPSA) is 49.9 Å². The van der Waals surface area contributed by atoms with Gasteiger partial charge in [0.2, 0.25) is 11.8 Å². The van der Waals surface area contributed by atoms with E-state index in [1.165, 1.54) is 6.92 Å². The molecule has 1 aliphatic heterocycles. The SMILES string of the molecule is CC(=O)N(CC(=O)N1CCOCC1)c1c(C)cccc1C(C)C. The van der Waals surface area contributed by atoms with Crippen molar-refractivity contribution in [2.45, 2.75) is 33.6 Å². The number of rotatable bonds is 4. The van der Waals surface area contributed by atoms with Gasteiger partial charge in [-0.05, 0) is 24.0 Å². The van der Waals surface area contributed by atoms with Crippen molar-refractivity contribution in [3.05, 3.63) is 29.3 Å². The van der Waals surface area contributed by atoms with Crippen LogP contribution >= 0.6 is 0 Å². The van der Waals surface area contributed by atoms with Gasteiger partial charge in [-0.3, -0.25) is 9.59 Å². The summed E-state index contributed by atoms with van der Waals surface area (Å²) in [7, 11) is 0. The molecule has 5 heteroatoms. The Morgan fingerprint density at radius 1 is 1.26 bits per heavy atom. The molecule has 2 rings (SSSR count). The molecule has 5 nitrogen and oxygen atoms in total. The largest absolute Gasteiger partial charge is 0.378 e. The number of ether oxygens (including phenoxy) is 1. The molecule has 1 aliphatic rings. The fourth-order valence-electron chi connectivity index (χ4n) is 2.91. The van der Waals surface area contributed by atoms with Gasteiger partial charge >= 0.3 is 0 Å². The van der Waals surface area contributed by atoms with Crippen LogP contribution in [0.4, 0.5) is 5.69 Å². The van der Waals surface area contributed by atoms with E-state index < -0.39 is 0 Å². The van der Waals surface area contributed by atoms with Crippen LogP contribution < -0.4 is 4.90 Å². The number of nitrogens with zero attached hydrogens (tertiary/aromatic N) is 2. The van der Waals surface area contributed by atoms with E-state index in [0.29, 0.717) is 26.3 Å². The van der Waals surface area contributed by atoms with Crippen LogP contribution in [0, 0.1) is 6.92 Å². The van der Waals surface area contributed by atoms with E-state index in [-0.39, 0.29) is 24.3 Å². The van der Waals surface area contributed by atoms with Crippen molar-refractivity contribution in [2.75, 3.05) is 37.7 Å². The number of aryl methyl sites for hydroxylation is 1. The zero-order valence-electron chi connectivity index (χ0n) is 14.5. The van der Waals surface area contributed by atoms with Crippen molar-refractivity contribution < 1.29 is 14.3 Å². The number of carbonyl (C=O) groups excluding carboxylic acids is 2. The molecule has 23 heavy (non-hydrogen) atoms. The van der Waals surface area contributed by atoms with E-state index in [4.69, 9.17) is 4.74 Å². The average Bonchev–Trinajstić information content (AvgIpc) is 2.53. The van der Waals surface area contributed by atoms with Gasteiger partial charge in [0.15, 0.2) is 0 Å². The molecule has 0 radical (unpaired) electrons. The lowest BCUT2D eigenvalue weighted by molar-refractivity contribution is -0.134. The van der Waals surface area contributed by atoms with Gasteiger partial charge in [-0.25, -0.2) is 0 Å². The van der Waals surface area contributed by atoms with Crippen LogP contribution in [0.1, 0.15) is 37.8 Å². The molecule has 2 amide bonds. The monoisotopic (exact) mass is 318 g/mol. The van der Waals surface area contributed by atoms with Gasteiger partial charge in [-0.15, -0.1) is 0 Å². The average molecular weight is 318 g/mol. The number of anilines is 1. The Morgan fingerprint density at radius 2 is 1.91 bits per heavy atom. The van der Waals surface area contributed by atoms with E-state index in [9.17, 15) is 9.59 Å². The number of amides is 2. The molecule has 1 aromatic rings. The third-order valence-corrected chi connectivity index (χ3v) is 4.20. The highest BCUT2D eigenvalue weighted by atomic mass is 16.5. The molecule has 0 N–H and O–H groups in total. The van der Waals surface area contributed by atoms with Gasteiger partial charge in [0.1, 0.15) is 6.54 Å². The predicted octanol–water partition coefficient (Wildman–Crippen LogP) is 2.33. The van der Waals surface area contributed by atoms with Crippen LogP contribution in [0.25, 0.3) is 0 Å². The maximum Gasteiger partial charge on any atom is 0.242 e.